The van der Waals surface area contributed by atoms with Crippen LogP contribution in [0.2, 0.25) is 5.02 Å². The number of amides is 1. The predicted molar refractivity (Wildman–Crippen MR) is 72.6 cm³/mol. The summed E-state index contributed by atoms with van der Waals surface area (Å²) in [6, 6.07) is 3.46. The molecule has 1 aliphatic rings. The van der Waals surface area contributed by atoms with E-state index in [0.717, 1.165) is 13.0 Å². The average Bonchev–Trinajstić information content (AvgIpc) is 2.82. The maximum Gasteiger partial charge on any atom is 0.233 e. The second-order valence-corrected chi connectivity index (χ2v) is 5.43. The number of hydrogen-bond donors (Lipinski definition) is 2. The molecule has 1 fully saturated rings. The summed E-state index contributed by atoms with van der Waals surface area (Å²) in [5.74, 6) is 0.717. The van der Waals surface area contributed by atoms with E-state index in [4.69, 9.17) is 11.6 Å². The number of carbonyl (C=O) groups excluding carboxylic acids is 1. The predicted octanol–water partition coefficient (Wildman–Crippen LogP) is 2.31. The monoisotopic (exact) mass is 267 g/mol. The topological polar surface area (TPSA) is 54.0 Å². The molecule has 5 heteroatoms. The zero-order valence-corrected chi connectivity index (χ0v) is 11.4. The average molecular weight is 268 g/mol. The van der Waals surface area contributed by atoms with Crippen LogP contribution in [-0.2, 0) is 4.79 Å². The van der Waals surface area contributed by atoms with Crippen LogP contribution in [0.1, 0.15) is 20.3 Å². The Morgan fingerprint density at radius 1 is 1.61 bits per heavy atom. The molecule has 4 nitrogen and oxygen atoms in total. The third-order valence-corrected chi connectivity index (χ3v) is 4.04. The Morgan fingerprint density at radius 2 is 2.39 bits per heavy atom. The SMILES string of the molecule is CC(C)C1(C(=O)Nc2ncccc2Cl)CCNC1. The van der Waals surface area contributed by atoms with Crippen LogP contribution in [0.15, 0.2) is 18.3 Å². The summed E-state index contributed by atoms with van der Waals surface area (Å²) in [4.78, 5) is 16.6. The van der Waals surface area contributed by atoms with E-state index in [1.54, 1.807) is 18.3 Å². The van der Waals surface area contributed by atoms with Gasteiger partial charge in [-0.1, -0.05) is 25.4 Å². The Balaban J connectivity index is 2.19. The summed E-state index contributed by atoms with van der Waals surface area (Å²) in [7, 11) is 0. The molecule has 2 heterocycles. The standard InChI is InChI=1S/C13H18ClN3O/c1-9(2)13(5-7-15-8-13)12(18)17-11-10(14)4-3-6-16-11/h3-4,6,9,15H,5,7-8H2,1-2H3,(H,16,17,18). The van der Waals surface area contributed by atoms with Gasteiger partial charge in [0, 0.05) is 12.7 Å². The Kier molecular flexibility index (Phi) is 3.88. The Labute approximate surface area is 112 Å². The molecule has 1 atom stereocenters. The molecular formula is C13H18ClN3O. The highest BCUT2D eigenvalue weighted by Crippen LogP contribution is 2.35. The molecule has 18 heavy (non-hydrogen) atoms. The van der Waals surface area contributed by atoms with Gasteiger partial charge in [-0.15, -0.1) is 0 Å². The van der Waals surface area contributed by atoms with Gasteiger partial charge < -0.3 is 10.6 Å². The number of carbonyl (C=O) groups is 1. The number of anilines is 1. The van der Waals surface area contributed by atoms with E-state index in [1.807, 2.05) is 0 Å². The van der Waals surface area contributed by atoms with Crippen LogP contribution in [-0.4, -0.2) is 24.0 Å². The van der Waals surface area contributed by atoms with Crippen LogP contribution in [0, 0.1) is 11.3 Å². The number of halogens is 1. The Bertz CT molecular complexity index is 442. The minimum absolute atomic E-state index is 0.00287. The van der Waals surface area contributed by atoms with E-state index >= 15 is 0 Å². The lowest BCUT2D eigenvalue weighted by molar-refractivity contribution is -0.126. The van der Waals surface area contributed by atoms with Crippen LogP contribution >= 0.6 is 11.6 Å². The van der Waals surface area contributed by atoms with E-state index in [2.05, 4.69) is 29.5 Å². The van der Waals surface area contributed by atoms with Crippen LogP contribution in [0.4, 0.5) is 5.82 Å². The van der Waals surface area contributed by atoms with Crippen molar-refractivity contribution < 1.29 is 4.79 Å². The van der Waals surface area contributed by atoms with E-state index in [1.165, 1.54) is 0 Å². The number of nitrogens with one attached hydrogen (secondary N) is 2. The highest BCUT2D eigenvalue weighted by Gasteiger charge is 2.44. The van der Waals surface area contributed by atoms with Crippen LogP contribution in [0.5, 0.6) is 0 Å². The van der Waals surface area contributed by atoms with Gasteiger partial charge >= 0.3 is 0 Å². The van der Waals surface area contributed by atoms with Gasteiger partial charge in [0.05, 0.1) is 10.4 Å². The lowest BCUT2D eigenvalue weighted by Gasteiger charge is -2.30. The summed E-state index contributed by atoms with van der Waals surface area (Å²) in [5.41, 5.74) is -0.360. The van der Waals surface area contributed by atoms with Gasteiger partial charge in [0.15, 0.2) is 5.82 Å². The third kappa shape index (κ3) is 2.35. The summed E-state index contributed by atoms with van der Waals surface area (Å²) in [5, 5.41) is 6.58. The van der Waals surface area contributed by atoms with E-state index < -0.39 is 0 Å². The van der Waals surface area contributed by atoms with E-state index in [-0.39, 0.29) is 17.2 Å². The summed E-state index contributed by atoms with van der Waals surface area (Å²) in [6.45, 7) is 5.74. The normalized spacial score (nSPS) is 23.3. The zero-order chi connectivity index (χ0) is 13.2. The minimum Gasteiger partial charge on any atom is -0.316 e. The summed E-state index contributed by atoms with van der Waals surface area (Å²) in [6.07, 6.45) is 2.47. The van der Waals surface area contributed by atoms with Crippen molar-refractivity contribution in [3.05, 3.63) is 23.4 Å². The Hall–Kier alpha value is -1.13. The molecule has 1 aromatic heterocycles. The number of aromatic nitrogens is 1. The fourth-order valence-corrected chi connectivity index (χ4v) is 2.54. The van der Waals surface area contributed by atoms with Gasteiger partial charge in [0.25, 0.3) is 0 Å². The van der Waals surface area contributed by atoms with Gasteiger partial charge in [-0.2, -0.15) is 0 Å². The van der Waals surface area contributed by atoms with Gasteiger partial charge in [-0.25, -0.2) is 4.98 Å². The number of pyridine rings is 1. The molecule has 0 saturated carbocycles. The first-order valence-electron chi connectivity index (χ1n) is 6.19. The van der Waals surface area contributed by atoms with Crippen molar-refractivity contribution in [3.8, 4) is 0 Å². The largest absolute Gasteiger partial charge is 0.316 e. The van der Waals surface area contributed by atoms with E-state index in [9.17, 15) is 4.79 Å². The molecule has 0 aromatic carbocycles. The fraction of sp³-hybridized carbons (Fsp3) is 0.538. The quantitative estimate of drug-likeness (QED) is 0.884. The molecule has 1 aromatic rings. The minimum atomic E-state index is -0.360. The maximum absolute atomic E-state index is 12.5. The lowest BCUT2D eigenvalue weighted by Crippen LogP contribution is -2.42. The van der Waals surface area contributed by atoms with Crippen molar-refractivity contribution in [2.24, 2.45) is 11.3 Å². The molecule has 1 aliphatic heterocycles. The highest BCUT2D eigenvalue weighted by molar-refractivity contribution is 6.33. The lowest BCUT2D eigenvalue weighted by atomic mass is 9.75. The molecule has 98 valence electrons. The fourth-order valence-electron chi connectivity index (χ4n) is 2.37. The zero-order valence-electron chi connectivity index (χ0n) is 10.7. The van der Waals surface area contributed by atoms with Gasteiger partial charge in [-0.05, 0) is 31.0 Å². The maximum atomic E-state index is 12.5. The van der Waals surface area contributed by atoms with Gasteiger partial charge in [-0.3, -0.25) is 4.79 Å². The van der Waals surface area contributed by atoms with Crippen molar-refractivity contribution in [1.29, 1.82) is 0 Å². The number of rotatable bonds is 3. The van der Waals surface area contributed by atoms with E-state index in [0.29, 0.717) is 17.4 Å². The number of hydrogen-bond acceptors (Lipinski definition) is 3. The van der Waals surface area contributed by atoms with Gasteiger partial charge in [0.1, 0.15) is 0 Å². The molecule has 0 radical (unpaired) electrons. The third-order valence-electron chi connectivity index (χ3n) is 3.74. The van der Waals surface area contributed by atoms with Crippen LogP contribution in [0.25, 0.3) is 0 Å². The van der Waals surface area contributed by atoms with Crippen molar-refractivity contribution in [1.82, 2.24) is 10.3 Å². The van der Waals surface area contributed by atoms with Crippen molar-refractivity contribution in [3.63, 3.8) is 0 Å². The first-order valence-corrected chi connectivity index (χ1v) is 6.57. The summed E-state index contributed by atoms with van der Waals surface area (Å²) < 4.78 is 0. The molecule has 0 aliphatic carbocycles. The highest BCUT2D eigenvalue weighted by atomic mass is 35.5. The van der Waals surface area contributed by atoms with Crippen molar-refractivity contribution >= 4 is 23.3 Å². The molecule has 0 bridgehead atoms. The molecule has 1 unspecified atom stereocenters. The molecule has 0 spiro atoms. The molecule has 1 saturated heterocycles. The van der Waals surface area contributed by atoms with Crippen LogP contribution < -0.4 is 10.6 Å². The van der Waals surface area contributed by atoms with Gasteiger partial charge in [0.2, 0.25) is 5.91 Å². The second kappa shape index (κ2) is 5.24. The first kappa shape index (κ1) is 13.3. The first-order chi connectivity index (χ1) is 8.56. The summed E-state index contributed by atoms with van der Waals surface area (Å²) >= 11 is 6.01. The number of nitrogens with zero attached hydrogens (tertiary/aromatic N) is 1. The van der Waals surface area contributed by atoms with Crippen molar-refractivity contribution in [2.45, 2.75) is 20.3 Å². The Morgan fingerprint density at radius 3 is 2.94 bits per heavy atom. The van der Waals surface area contributed by atoms with Crippen molar-refractivity contribution in [2.75, 3.05) is 18.4 Å². The molecule has 2 N–H and O–H groups in total. The molecule has 1 amide bonds. The molecular weight excluding hydrogens is 250 g/mol. The second-order valence-electron chi connectivity index (χ2n) is 5.03. The molecule has 2 rings (SSSR count). The van der Waals surface area contributed by atoms with Crippen LogP contribution in [0.3, 0.4) is 0 Å². The smallest absolute Gasteiger partial charge is 0.233 e.